The Morgan fingerprint density at radius 3 is 1.84 bits per heavy atom. The third kappa shape index (κ3) is 4.43. The molecule has 5 nitrogen and oxygen atoms in total. The van der Waals surface area contributed by atoms with Crippen LogP contribution >= 0.6 is 11.3 Å². The second-order valence-corrected chi connectivity index (χ2v) is 13.9. The largest absolute Gasteiger partial charge is 0.456 e. The molecule has 238 valence electrons. The van der Waals surface area contributed by atoms with Crippen LogP contribution in [0.15, 0.2) is 162 Å². The first-order valence-electron chi connectivity index (χ1n) is 16.9. The Kier molecular flexibility index (Phi) is 6.05. The minimum absolute atomic E-state index is 0.617. The summed E-state index contributed by atoms with van der Waals surface area (Å²) in [6, 6.07) is 55.0. The summed E-state index contributed by atoms with van der Waals surface area (Å²) in [5, 5.41) is 6.93. The predicted octanol–water partition coefficient (Wildman–Crippen LogP) is 12.2. The number of para-hydroxylation sites is 2. The number of thiophene rings is 1. The molecule has 0 saturated heterocycles. The van der Waals surface area contributed by atoms with E-state index in [0.717, 1.165) is 60.7 Å². The van der Waals surface area contributed by atoms with Gasteiger partial charge in [-0.25, -0.2) is 15.0 Å². The van der Waals surface area contributed by atoms with Crippen LogP contribution in [-0.4, -0.2) is 19.5 Å². The van der Waals surface area contributed by atoms with Gasteiger partial charge in [0.1, 0.15) is 11.2 Å². The molecule has 0 aliphatic carbocycles. The van der Waals surface area contributed by atoms with Gasteiger partial charge >= 0.3 is 0 Å². The van der Waals surface area contributed by atoms with Crippen molar-refractivity contribution in [3.8, 4) is 39.9 Å². The van der Waals surface area contributed by atoms with Gasteiger partial charge in [0, 0.05) is 64.1 Å². The van der Waals surface area contributed by atoms with Gasteiger partial charge in [-0.3, -0.25) is 0 Å². The summed E-state index contributed by atoms with van der Waals surface area (Å²) >= 11 is 1.79. The minimum Gasteiger partial charge on any atom is -0.456 e. The van der Waals surface area contributed by atoms with Crippen LogP contribution in [0.5, 0.6) is 0 Å². The van der Waals surface area contributed by atoms with E-state index in [4.69, 9.17) is 19.4 Å². The van der Waals surface area contributed by atoms with E-state index in [1.165, 1.54) is 25.6 Å². The molecule has 4 aromatic heterocycles. The van der Waals surface area contributed by atoms with E-state index in [9.17, 15) is 0 Å². The van der Waals surface area contributed by atoms with Gasteiger partial charge in [-0.15, -0.1) is 11.3 Å². The highest BCUT2D eigenvalue weighted by Crippen LogP contribution is 2.40. The number of fused-ring (bicyclic) bond motifs is 9. The van der Waals surface area contributed by atoms with Gasteiger partial charge in [-0.05, 0) is 60.7 Å². The molecular weight excluding hydrogens is 645 g/mol. The van der Waals surface area contributed by atoms with Crippen molar-refractivity contribution in [3.05, 3.63) is 158 Å². The Balaban J connectivity index is 1.12. The van der Waals surface area contributed by atoms with Gasteiger partial charge in [0.25, 0.3) is 0 Å². The van der Waals surface area contributed by atoms with Crippen LogP contribution in [0.25, 0.3) is 104 Å². The van der Waals surface area contributed by atoms with E-state index in [0.29, 0.717) is 17.5 Å². The number of nitrogens with zero attached hydrogens (tertiary/aromatic N) is 4. The molecule has 0 unspecified atom stereocenters. The van der Waals surface area contributed by atoms with Crippen LogP contribution in [0.1, 0.15) is 0 Å². The van der Waals surface area contributed by atoms with Crippen molar-refractivity contribution < 1.29 is 4.42 Å². The van der Waals surface area contributed by atoms with Crippen molar-refractivity contribution in [1.82, 2.24) is 19.5 Å². The zero-order valence-corrected chi connectivity index (χ0v) is 27.9. The smallest absolute Gasteiger partial charge is 0.164 e. The van der Waals surface area contributed by atoms with Crippen LogP contribution < -0.4 is 0 Å². The summed E-state index contributed by atoms with van der Waals surface area (Å²) in [5.41, 5.74) is 7.89. The lowest BCUT2D eigenvalue weighted by molar-refractivity contribution is 0.669. The van der Waals surface area contributed by atoms with E-state index in [1.807, 2.05) is 42.5 Å². The molecular formula is C45H26N4OS. The summed E-state index contributed by atoms with van der Waals surface area (Å²) in [5.74, 6) is 1.90. The molecule has 4 heterocycles. The van der Waals surface area contributed by atoms with E-state index in [-0.39, 0.29) is 0 Å². The lowest BCUT2D eigenvalue weighted by Gasteiger charge is -2.09. The van der Waals surface area contributed by atoms with E-state index >= 15 is 0 Å². The van der Waals surface area contributed by atoms with Crippen LogP contribution in [0.3, 0.4) is 0 Å². The maximum Gasteiger partial charge on any atom is 0.164 e. The fraction of sp³-hybridized carbons (Fsp3) is 0. The van der Waals surface area contributed by atoms with Gasteiger partial charge in [0.15, 0.2) is 17.5 Å². The van der Waals surface area contributed by atoms with Crippen molar-refractivity contribution >= 4 is 75.3 Å². The van der Waals surface area contributed by atoms with Crippen LogP contribution in [0.2, 0.25) is 0 Å². The summed E-state index contributed by atoms with van der Waals surface area (Å²) < 4.78 is 11.3. The highest BCUT2D eigenvalue weighted by molar-refractivity contribution is 7.25. The Hall–Kier alpha value is -6.63. The Morgan fingerprint density at radius 2 is 1.02 bits per heavy atom. The maximum atomic E-state index is 6.51. The predicted molar refractivity (Wildman–Crippen MR) is 211 cm³/mol. The zero-order chi connectivity index (χ0) is 33.5. The average Bonchev–Trinajstić information content (AvgIpc) is 3.86. The van der Waals surface area contributed by atoms with Crippen molar-refractivity contribution in [3.63, 3.8) is 0 Å². The van der Waals surface area contributed by atoms with E-state index in [2.05, 4.69) is 120 Å². The summed E-state index contributed by atoms with van der Waals surface area (Å²) in [6.07, 6.45) is 0. The fourth-order valence-electron chi connectivity index (χ4n) is 7.45. The molecule has 0 N–H and O–H groups in total. The number of hydrogen-bond acceptors (Lipinski definition) is 5. The molecule has 0 saturated carbocycles. The number of furan rings is 1. The fourth-order valence-corrected chi connectivity index (χ4v) is 8.59. The minimum atomic E-state index is 0.617. The first-order chi connectivity index (χ1) is 25.2. The standard InChI is InChI=1S/C45H26N4OS/c1-3-11-27(12-4-1)43-46-44(48-45(47-43)29-19-21-33-32-16-8-10-18-41(32)51-42(33)24-29)28-20-22-39-35(23-28)36-25-38-34(26-40(36)50-39)31-15-7-9-17-37(31)49(38)30-13-5-2-6-14-30/h1-26H. The van der Waals surface area contributed by atoms with Crippen molar-refractivity contribution in [2.45, 2.75) is 0 Å². The molecule has 0 bridgehead atoms. The monoisotopic (exact) mass is 670 g/mol. The number of hydrogen-bond donors (Lipinski definition) is 0. The molecule has 11 aromatic rings. The lowest BCUT2D eigenvalue weighted by atomic mass is 10.1. The third-order valence-corrected chi connectivity index (χ3v) is 11.0. The molecule has 0 aliphatic heterocycles. The quantitative estimate of drug-likeness (QED) is 0.187. The highest BCUT2D eigenvalue weighted by atomic mass is 32.1. The molecule has 6 heteroatoms. The Bertz CT molecular complexity index is 3140. The van der Waals surface area contributed by atoms with Gasteiger partial charge in [-0.2, -0.15) is 0 Å². The topological polar surface area (TPSA) is 56.7 Å². The Morgan fingerprint density at radius 1 is 0.392 bits per heavy atom. The second-order valence-electron chi connectivity index (χ2n) is 12.8. The number of rotatable bonds is 4. The molecule has 0 radical (unpaired) electrons. The van der Waals surface area contributed by atoms with Crippen molar-refractivity contribution in [2.24, 2.45) is 0 Å². The first-order valence-corrected chi connectivity index (χ1v) is 17.8. The molecule has 0 atom stereocenters. The summed E-state index contributed by atoms with van der Waals surface area (Å²) in [6.45, 7) is 0. The molecule has 0 spiro atoms. The van der Waals surface area contributed by atoms with Gasteiger partial charge in [0.2, 0.25) is 0 Å². The van der Waals surface area contributed by atoms with Gasteiger partial charge in [0.05, 0.1) is 11.0 Å². The maximum absolute atomic E-state index is 6.51. The number of aromatic nitrogens is 4. The van der Waals surface area contributed by atoms with Crippen molar-refractivity contribution in [1.29, 1.82) is 0 Å². The highest BCUT2D eigenvalue weighted by Gasteiger charge is 2.19. The summed E-state index contributed by atoms with van der Waals surface area (Å²) in [7, 11) is 0. The lowest BCUT2D eigenvalue weighted by Crippen LogP contribution is -2.00. The SMILES string of the molecule is c1ccc(-c2nc(-c3ccc4c(c3)sc3ccccc34)nc(-c3ccc4oc5cc6c7ccccc7n(-c7ccccc7)c6cc5c4c3)n2)cc1. The van der Waals surface area contributed by atoms with Gasteiger partial charge < -0.3 is 8.98 Å². The molecule has 51 heavy (non-hydrogen) atoms. The van der Waals surface area contributed by atoms with E-state index in [1.54, 1.807) is 11.3 Å². The molecule has 0 fully saturated rings. The number of benzene rings is 7. The van der Waals surface area contributed by atoms with Crippen LogP contribution in [0.4, 0.5) is 0 Å². The average molecular weight is 671 g/mol. The van der Waals surface area contributed by atoms with Gasteiger partial charge in [-0.1, -0.05) is 97.1 Å². The molecule has 0 amide bonds. The first kappa shape index (κ1) is 28.2. The Labute approximate surface area is 295 Å². The summed E-state index contributed by atoms with van der Waals surface area (Å²) in [4.78, 5) is 15.2. The molecule has 0 aliphatic rings. The van der Waals surface area contributed by atoms with Crippen LogP contribution in [0, 0.1) is 0 Å². The van der Waals surface area contributed by atoms with Crippen LogP contribution in [-0.2, 0) is 0 Å². The zero-order valence-electron chi connectivity index (χ0n) is 27.1. The van der Waals surface area contributed by atoms with Crippen molar-refractivity contribution in [2.75, 3.05) is 0 Å². The van der Waals surface area contributed by atoms with E-state index < -0.39 is 0 Å². The molecule has 7 aromatic carbocycles. The second kappa shape index (κ2) is 10.9. The molecule has 11 rings (SSSR count). The third-order valence-electron chi connectivity index (χ3n) is 9.84. The normalized spacial score (nSPS) is 11.9.